The van der Waals surface area contributed by atoms with Gasteiger partial charge in [-0.3, -0.25) is 4.68 Å². The van der Waals surface area contributed by atoms with Crippen LogP contribution in [-0.2, 0) is 13.6 Å². The molecule has 0 unspecified atom stereocenters. The minimum absolute atomic E-state index is 0.693. The Morgan fingerprint density at radius 3 is 2.90 bits per heavy atom. The van der Waals surface area contributed by atoms with Crippen LogP contribution < -0.4 is 5.32 Å². The lowest BCUT2D eigenvalue weighted by Crippen LogP contribution is -2.04. The highest BCUT2D eigenvalue weighted by atomic mass is 79.9. The van der Waals surface area contributed by atoms with Crippen LogP contribution >= 0.6 is 15.9 Å². The van der Waals surface area contributed by atoms with Crippen molar-refractivity contribution in [1.82, 2.24) is 19.7 Å². The molecule has 0 spiro atoms. The zero-order valence-electron chi connectivity index (χ0n) is 11.3. The molecule has 0 aliphatic heterocycles. The highest BCUT2D eigenvalue weighted by Crippen LogP contribution is 2.23. The van der Waals surface area contributed by atoms with Crippen molar-refractivity contribution in [2.45, 2.75) is 13.5 Å². The fraction of sp³-hybridized carbons (Fsp3) is 0.214. The fourth-order valence-corrected chi connectivity index (χ4v) is 2.43. The van der Waals surface area contributed by atoms with E-state index in [1.807, 2.05) is 36.1 Å². The third-order valence-corrected chi connectivity index (χ3v) is 3.87. The average Bonchev–Trinajstić information content (AvgIpc) is 2.76. The minimum Gasteiger partial charge on any atom is -0.365 e. The van der Waals surface area contributed by atoms with Gasteiger partial charge in [0.25, 0.3) is 0 Å². The van der Waals surface area contributed by atoms with Crippen LogP contribution in [-0.4, -0.2) is 19.7 Å². The van der Waals surface area contributed by atoms with Gasteiger partial charge in [-0.1, -0.05) is 15.9 Å². The van der Waals surface area contributed by atoms with Crippen molar-refractivity contribution in [3.8, 4) is 0 Å². The number of anilines is 1. The molecule has 0 saturated heterocycles. The second-order valence-corrected chi connectivity index (χ2v) is 5.53. The van der Waals surface area contributed by atoms with E-state index in [9.17, 15) is 0 Å². The Labute approximate surface area is 125 Å². The van der Waals surface area contributed by atoms with E-state index in [4.69, 9.17) is 0 Å². The lowest BCUT2D eigenvalue weighted by Gasteiger charge is -2.08. The maximum Gasteiger partial charge on any atom is 0.137 e. The summed E-state index contributed by atoms with van der Waals surface area (Å²) in [5.74, 6) is 0.833. The number of nitrogens with one attached hydrogen (secondary N) is 1. The molecule has 0 bridgehead atoms. The highest BCUT2D eigenvalue weighted by Gasteiger charge is 2.07. The molecule has 0 aliphatic carbocycles. The molecular weight excluding hydrogens is 318 g/mol. The summed E-state index contributed by atoms with van der Waals surface area (Å²) in [7, 11) is 1.94. The van der Waals surface area contributed by atoms with Crippen LogP contribution in [0.4, 0.5) is 5.82 Å². The number of fused-ring (bicyclic) bond motifs is 1. The molecule has 3 rings (SSSR count). The van der Waals surface area contributed by atoms with E-state index in [2.05, 4.69) is 43.2 Å². The standard InChI is InChI=1S/C14H14BrN5/c1-9-10(7-19-20(9)2)6-16-14-12-5-11(15)3-4-13(12)17-8-18-14/h3-5,7-8H,6H2,1-2H3,(H,16,17,18). The Morgan fingerprint density at radius 1 is 1.30 bits per heavy atom. The third kappa shape index (κ3) is 2.38. The largest absolute Gasteiger partial charge is 0.365 e. The average molecular weight is 332 g/mol. The van der Waals surface area contributed by atoms with Gasteiger partial charge >= 0.3 is 0 Å². The van der Waals surface area contributed by atoms with Crippen LogP contribution in [0.1, 0.15) is 11.3 Å². The van der Waals surface area contributed by atoms with Gasteiger partial charge < -0.3 is 5.32 Å². The Hall–Kier alpha value is -1.95. The molecular formula is C14H14BrN5. The molecule has 0 aliphatic rings. The summed E-state index contributed by atoms with van der Waals surface area (Å²) in [6.07, 6.45) is 3.45. The van der Waals surface area contributed by atoms with E-state index in [0.29, 0.717) is 6.54 Å². The first-order valence-corrected chi connectivity index (χ1v) is 7.06. The van der Waals surface area contributed by atoms with Gasteiger partial charge in [0.15, 0.2) is 0 Å². The summed E-state index contributed by atoms with van der Waals surface area (Å²) in [4.78, 5) is 8.60. The summed E-state index contributed by atoms with van der Waals surface area (Å²) in [6, 6.07) is 5.97. The molecule has 3 aromatic rings. The molecule has 0 radical (unpaired) electrons. The molecule has 2 heterocycles. The molecule has 102 valence electrons. The molecule has 0 fully saturated rings. The molecule has 0 amide bonds. The van der Waals surface area contributed by atoms with Crippen molar-refractivity contribution < 1.29 is 0 Å². The number of aromatic nitrogens is 4. The van der Waals surface area contributed by atoms with Crippen molar-refractivity contribution in [2.24, 2.45) is 7.05 Å². The summed E-state index contributed by atoms with van der Waals surface area (Å²) in [5, 5.41) is 8.60. The number of nitrogens with zero attached hydrogens (tertiary/aromatic N) is 4. The summed E-state index contributed by atoms with van der Waals surface area (Å²) in [6.45, 7) is 2.75. The Morgan fingerprint density at radius 2 is 2.15 bits per heavy atom. The first kappa shape index (κ1) is 13.1. The van der Waals surface area contributed by atoms with E-state index >= 15 is 0 Å². The van der Waals surface area contributed by atoms with Gasteiger partial charge in [0.05, 0.1) is 11.7 Å². The van der Waals surface area contributed by atoms with Crippen molar-refractivity contribution in [3.63, 3.8) is 0 Å². The number of benzene rings is 1. The first-order valence-electron chi connectivity index (χ1n) is 6.27. The summed E-state index contributed by atoms with van der Waals surface area (Å²) >= 11 is 3.48. The van der Waals surface area contributed by atoms with Gasteiger partial charge in [0, 0.05) is 34.7 Å². The lowest BCUT2D eigenvalue weighted by molar-refractivity contribution is 0.738. The smallest absolute Gasteiger partial charge is 0.137 e. The van der Waals surface area contributed by atoms with Crippen LogP contribution in [0, 0.1) is 6.92 Å². The Kier molecular flexibility index (Phi) is 3.40. The maximum absolute atomic E-state index is 4.33. The molecule has 1 N–H and O–H groups in total. The first-order chi connectivity index (χ1) is 9.65. The summed E-state index contributed by atoms with van der Waals surface area (Å²) < 4.78 is 2.88. The molecule has 0 saturated carbocycles. The van der Waals surface area contributed by atoms with Crippen LogP contribution in [0.15, 0.2) is 35.2 Å². The zero-order chi connectivity index (χ0) is 14.1. The van der Waals surface area contributed by atoms with Gasteiger partial charge in [-0.25, -0.2) is 9.97 Å². The SMILES string of the molecule is Cc1c(CNc2ncnc3ccc(Br)cc23)cnn1C. The van der Waals surface area contributed by atoms with Gasteiger partial charge in [0.1, 0.15) is 12.1 Å². The molecule has 6 heteroatoms. The number of halogens is 1. The minimum atomic E-state index is 0.693. The molecule has 20 heavy (non-hydrogen) atoms. The normalized spacial score (nSPS) is 10.9. The molecule has 5 nitrogen and oxygen atoms in total. The summed E-state index contributed by atoms with van der Waals surface area (Å²) in [5.41, 5.74) is 3.24. The predicted molar refractivity (Wildman–Crippen MR) is 82.5 cm³/mol. The van der Waals surface area contributed by atoms with Gasteiger partial charge in [-0.15, -0.1) is 0 Å². The van der Waals surface area contributed by atoms with Gasteiger partial charge in [-0.05, 0) is 25.1 Å². The van der Waals surface area contributed by atoms with E-state index < -0.39 is 0 Å². The van der Waals surface area contributed by atoms with Gasteiger partial charge in [-0.2, -0.15) is 5.10 Å². The van der Waals surface area contributed by atoms with Crippen molar-refractivity contribution in [3.05, 3.63) is 46.5 Å². The van der Waals surface area contributed by atoms with Crippen LogP contribution in [0.3, 0.4) is 0 Å². The van der Waals surface area contributed by atoms with E-state index in [-0.39, 0.29) is 0 Å². The highest BCUT2D eigenvalue weighted by molar-refractivity contribution is 9.10. The monoisotopic (exact) mass is 331 g/mol. The number of hydrogen-bond acceptors (Lipinski definition) is 4. The van der Waals surface area contributed by atoms with Crippen molar-refractivity contribution in [2.75, 3.05) is 5.32 Å². The number of aryl methyl sites for hydroxylation is 1. The quantitative estimate of drug-likeness (QED) is 0.801. The lowest BCUT2D eigenvalue weighted by atomic mass is 10.2. The Balaban J connectivity index is 1.91. The van der Waals surface area contributed by atoms with Crippen LogP contribution in [0.2, 0.25) is 0 Å². The topological polar surface area (TPSA) is 55.6 Å². The maximum atomic E-state index is 4.33. The molecule has 1 aromatic carbocycles. The predicted octanol–water partition coefficient (Wildman–Crippen LogP) is 3.05. The zero-order valence-corrected chi connectivity index (χ0v) is 12.8. The number of hydrogen-bond donors (Lipinski definition) is 1. The molecule has 2 aromatic heterocycles. The Bertz CT molecular complexity index is 765. The van der Waals surface area contributed by atoms with Crippen LogP contribution in [0.5, 0.6) is 0 Å². The van der Waals surface area contributed by atoms with Crippen molar-refractivity contribution >= 4 is 32.7 Å². The van der Waals surface area contributed by atoms with E-state index in [1.165, 1.54) is 0 Å². The van der Waals surface area contributed by atoms with Crippen molar-refractivity contribution in [1.29, 1.82) is 0 Å². The van der Waals surface area contributed by atoms with E-state index in [1.54, 1.807) is 6.33 Å². The fourth-order valence-electron chi connectivity index (χ4n) is 2.07. The molecule has 0 atom stereocenters. The second-order valence-electron chi connectivity index (χ2n) is 4.62. The van der Waals surface area contributed by atoms with Crippen LogP contribution in [0.25, 0.3) is 10.9 Å². The second kappa shape index (κ2) is 5.20. The third-order valence-electron chi connectivity index (χ3n) is 3.38. The van der Waals surface area contributed by atoms with E-state index in [0.717, 1.165) is 32.5 Å². The number of rotatable bonds is 3. The van der Waals surface area contributed by atoms with Gasteiger partial charge in [0.2, 0.25) is 0 Å².